The van der Waals surface area contributed by atoms with Crippen LogP contribution in [0.25, 0.3) is 0 Å². The number of rotatable bonds is 4. The van der Waals surface area contributed by atoms with Gasteiger partial charge >= 0.3 is 0 Å². The first-order chi connectivity index (χ1) is 7.61. The Balaban J connectivity index is 2.05. The Labute approximate surface area is 94.4 Å². The van der Waals surface area contributed by atoms with Crippen molar-refractivity contribution >= 4 is 5.91 Å². The van der Waals surface area contributed by atoms with E-state index in [9.17, 15) is 4.79 Å². The normalized spacial score (nSPS) is 17.1. The van der Waals surface area contributed by atoms with Crippen LogP contribution in [0.2, 0.25) is 0 Å². The van der Waals surface area contributed by atoms with Gasteiger partial charge in [-0.3, -0.25) is 4.79 Å². The van der Waals surface area contributed by atoms with Crippen molar-refractivity contribution in [3.05, 3.63) is 52.8 Å². The molecule has 3 heteroatoms. The van der Waals surface area contributed by atoms with Crippen molar-refractivity contribution in [2.75, 3.05) is 0 Å². The Hall–Kier alpha value is -1.83. The number of benzene rings is 1. The van der Waals surface area contributed by atoms with E-state index in [4.69, 9.17) is 11.5 Å². The van der Waals surface area contributed by atoms with E-state index in [1.165, 1.54) is 0 Å². The Morgan fingerprint density at radius 2 is 1.94 bits per heavy atom. The highest BCUT2D eigenvalue weighted by atomic mass is 16.1. The molecule has 82 valence electrons. The molecule has 0 spiro atoms. The average Bonchev–Trinajstić information content (AvgIpc) is 3.08. The average molecular weight is 214 g/mol. The second-order valence-corrected chi connectivity index (χ2v) is 4.00. The van der Waals surface area contributed by atoms with Crippen LogP contribution in [0.5, 0.6) is 0 Å². The minimum atomic E-state index is -0.439. The number of hydrogen-bond donors (Lipinski definition) is 2. The molecule has 2 atom stereocenters. The van der Waals surface area contributed by atoms with E-state index in [-0.39, 0.29) is 12.0 Å². The molecular weight excluding hydrogens is 200 g/mol. The Morgan fingerprint density at radius 3 is 2.44 bits per heavy atom. The second-order valence-electron chi connectivity index (χ2n) is 4.00. The first kappa shape index (κ1) is 10.7. The summed E-state index contributed by atoms with van der Waals surface area (Å²) < 4.78 is 0. The molecule has 3 nitrogen and oxygen atoms in total. The van der Waals surface area contributed by atoms with Gasteiger partial charge in [-0.2, -0.15) is 0 Å². The molecule has 0 bridgehead atoms. The van der Waals surface area contributed by atoms with Gasteiger partial charge in [0.2, 0.25) is 0 Å². The third-order valence-electron chi connectivity index (χ3n) is 2.91. The molecule has 1 aromatic rings. The molecule has 0 fully saturated rings. The van der Waals surface area contributed by atoms with Crippen molar-refractivity contribution in [3.8, 4) is 0 Å². The minimum absolute atomic E-state index is 0.153. The summed E-state index contributed by atoms with van der Waals surface area (Å²) in [5.41, 5.74) is 16.4. The quantitative estimate of drug-likeness (QED) is 0.736. The summed E-state index contributed by atoms with van der Waals surface area (Å²) in [5, 5.41) is 0. The lowest BCUT2D eigenvalue weighted by Gasteiger charge is -2.18. The molecule has 0 radical (unpaired) electrons. The maximum absolute atomic E-state index is 10.9. The van der Waals surface area contributed by atoms with Gasteiger partial charge in [0, 0.05) is 17.5 Å². The SMILES string of the molecule is C[C@H](c1ccccc1)[C@H](N)C1=C=C1C(N)=O. The predicted octanol–water partition coefficient (Wildman–Crippen LogP) is 1.07. The first-order valence-electron chi connectivity index (χ1n) is 5.22. The van der Waals surface area contributed by atoms with E-state index in [1.54, 1.807) is 0 Å². The molecule has 1 aliphatic carbocycles. The summed E-state index contributed by atoms with van der Waals surface area (Å²) >= 11 is 0. The van der Waals surface area contributed by atoms with Crippen LogP contribution in [0.15, 0.2) is 47.2 Å². The highest BCUT2D eigenvalue weighted by Crippen LogP contribution is 2.31. The molecule has 4 N–H and O–H groups in total. The highest BCUT2D eigenvalue weighted by molar-refractivity contribution is 6.01. The highest BCUT2D eigenvalue weighted by Gasteiger charge is 2.30. The van der Waals surface area contributed by atoms with Gasteiger partial charge in [0.25, 0.3) is 5.91 Å². The molecular formula is C13H14N2O. The summed E-state index contributed by atoms with van der Waals surface area (Å²) in [4.78, 5) is 10.9. The van der Waals surface area contributed by atoms with Crippen molar-refractivity contribution in [2.45, 2.75) is 18.9 Å². The maximum atomic E-state index is 10.9. The summed E-state index contributed by atoms with van der Waals surface area (Å²) in [6.45, 7) is 2.03. The first-order valence-corrected chi connectivity index (χ1v) is 5.22. The number of hydrogen-bond acceptors (Lipinski definition) is 2. The lowest BCUT2D eigenvalue weighted by atomic mass is 9.91. The molecule has 1 aromatic carbocycles. The van der Waals surface area contributed by atoms with Gasteiger partial charge in [-0.25, -0.2) is 0 Å². The van der Waals surface area contributed by atoms with E-state index in [2.05, 4.69) is 5.73 Å². The smallest absolute Gasteiger partial charge is 0.257 e. The fourth-order valence-corrected chi connectivity index (χ4v) is 1.76. The van der Waals surface area contributed by atoms with Crippen LogP contribution in [-0.2, 0) is 4.79 Å². The van der Waals surface area contributed by atoms with Crippen molar-refractivity contribution in [2.24, 2.45) is 11.5 Å². The Morgan fingerprint density at radius 1 is 1.31 bits per heavy atom. The molecule has 1 amide bonds. The third kappa shape index (κ3) is 1.91. The Bertz CT molecular complexity index is 484. The predicted molar refractivity (Wildman–Crippen MR) is 62.6 cm³/mol. The van der Waals surface area contributed by atoms with Crippen molar-refractivity contribution in [1.82, 2.24) is 0 Å². The lowest BCUT2D eigenvalue weighted by Crippen LogP contribution is -2.28. The number of primary amides is 1. The number of carbonyl (C=O) groups excluding carboxylic acids is 1. The van der Waals surface area contributed by atoms with E-state index in [0.717, 1.165) is 11.1 Å². The minimum Gasteiger partial charge on any atom is -0.365 e. The molecule has 0 aromatic heterocycles. The topological polar surface area (TPSA) is 69.1 Å². The molecule has 0 heterocycles. The van der Waals surface area contributed by atoms with E-state index in [1.807, 2.05) is 37.3 Å². The van der Waals surface area contributed by atoms with Gasteiger partial charge in [-0.15, -0.1) is 0 Å². The van der Waals surface area contributed by atoms with E-state index in [0.29, 0.717) is 5.57 Å². The zero-order valence-corrected chi connectivity index (χ0v) is 9.10. The van der Waals surface area contributed by atoms with Crippen LogP contribution in [0.1, 0.15) is 18.4 Å². The summed E-state index contributed by atoms with van der Waals surface area (Å²) in [7, 11) is 0. The van der Waals surface area contributed by atoms with Gasteiger partial charge in [-0.05, 0) is 5.56 Å². The number of carbonyl (C=O) groups is 1. The van der Waals surface area contributed by atoms with Gasteiger partial charge in [0.15, 0.2) is 0 Å². The summed E-state index contributed by atoms with van der Waals surface area (Å²) in [5.74, 6) is -0.286. The van der Waals surface area contributed by atoms with Crippen molar-refractivity contribution < 1.29 is 4.79 Å². The van der Waals surface area contributed by atoms with Crippen molar-refractivity contribution in [1.29, 1.82) is 0 Å². The standard InChI is InChI=1S/C13H14N2O/c1-8(9-5-3-2-4-6-9)12(14)10-7-11(10)13(15)16/h2-6,8,12H,14H2,1H3,(H2,15,16)/t8-,12+/m1/s1. The molecule has 1 aliphatic rings. The lowest BCUT2D eigenvalue weighted by molar-refractivity contribution is -0.114. The van der Waals surface area contributed by atoms with Gasteiger partial charge in [0.05, 0.1) is 5.57 Å². The van der Waals surface area contributed by atoms with Gasteiger partial charge < -0.3 is 11.5 Å². The fourth-order valence-electron chi connectivity index (χ4n) is 1.76. The molecule has 0 saturated carbocycles. The second kappa shape index (κ2) is 3.97. The monoisotopic (exact) mass is 214 g/mol. The van der Waals surface area contributed by atoms with Gasteiger partial charge in [-0.1, -0.05) is 43.0 Å². The largest absolute Gasteiger partial charge is 0.365 e. The van der Waals surface area contributed by atoms with Crippen LogP contribution >= 0.6 is 0 Å². The molecule has 0 aliphatic heterocycles. The van der Waals surface area contributed by atoms with Crippen LogP contribution in [0, 0.1) is 0 Å². The van der Waals surface area contributed by atoms with Gasteiger partial charge in [0.1, 0.15) is 0 Å². The summed E-state index contributed by atoms with van der Waals surface area (Å²) in [6, 6.07) is 9.76. The maximum Gasteiger partial charge on any atom is 0.257 e. The third-order valence-corrected chi connectivity index (χ3v) is 2.91. The van der Waals surface area contributed by atoms with Crippen LogP contribution < -0.4 is 11.5 Å². The van der Waals surface area contributed by atoms with Crippen LogP contribution in [0.3, 0.4) is 0 Å². The van der Waals surface area contributed by atoms with E-state index < -0.39 is 5.91 Å². The molecule has 2 rings (SSSR count). The molecule has 0 unspecified atom stereocenters. The zero-order chi connectivity index (χ0) is 11.7. The van der Waals surface area contributed by atoms with Crippen LogP contribution in [0.4, 0.5) is 0 Å². The molecule has 0 saturated heterocycles. The molecule has 16 heavy (non-hydrogen) atoms. The van der Waals surface area contributed by atoms with Crippen molar-refractivity contribution in [3.63, 3.8) is 0 Å². The number of amides is 1. The van der Waals surface area contributed by atoms with Crippen LogP contribution in [-0.4, -0.2) is 11.9 Å². The summed E-state index contributed by atoms with van der Waals surface area (Å²) in [6.07, 6.45) is 0. The zero-order valence-electron chi connectivity index (χ0n) is 9.10. The fraction of sp³-hybridized carbons (Fsp3) is 0.231. The Kier molecular flexibility index (Phi) is 2.65. The van der Waals surface area contributed by atoms with E-state index >= 15 is 0 Å². The number of nitrogens with two attached hydrogens (primary N) is 2.